The summed E-state index contributed by atoms with van der Waals surface area (Å²) in [6, 6.07) is 7.59. The first-order valence-electron chi connectivity index (χ1n) is 5.37. The summed E-state index contributed by atoms with van der Waals surface area (Å²) in [4.78, 5) is 13.9. The molecule has 0 atom stereocenters. The van der Waals surface area contributed by atoms with Gasteiger partial charge in [-0.15, -0.1) is 13.2 Å². The molecule has 0 aliphatic rings. The minimum atomic E-state index is -4.86. The molecule has 0 unspecified atom stereocenters. The molecule has 1 aromatic heterocycles. The number of pyridine rings is 1. The largest absolute Gasteiger partial charge is 0.573 e. The van der Waals surface area contributed by atoms with E-state index in [4.69, 9.17) is 0 Å². The highest BCUT2D eigenvalue weighted by atomic mass is 19.4. The van der Waals surface area contributed by atoms with Crippen molar-refractivity contribution < 1.29 is 27.1 Å². The minimum absolute atomic E-state index is 0.0267. The van der Waals surface area contributed by atoms with Gasteiger partial charge in [0.1, 0.15) is 5.75 Å². The van der Waals surface area contributed by atoms with Crippen LogP contribution in [0.4, 0.5) is 17.6 Å². The summed E-state index contributed by atoms with van der Waals surface area (Å²) in [5, 5.41) is 0. The van der Waals surface area contributed by atoms with Crippen molar-refractivity contribution in [2.45, 2.75) is 6.36 Å². The van der Waals surface area contributed by atoms with Gasteiger partial charge in [0.25, 0.3) is 0 Å². The van der Waals surface area contributed by atoms with E-state index in [2.05, 4.69) is 9.72 Å². The van der Waals surface area contributed by atoms with Crippen molar-refractivity contribution in [3.05, 3.63) is 47.9 Å². The predicted octanol–water partition coefficient (Wildman–Crippen LogP) is 3.60. The van der Waals surface area contributed by atoms with Crippen LogP contribution in [0.1, 0.15) is 10.4 Å². The summed E-state index contributed by atoms with van der Waals surface area (Å²) in [5.74, 6) is -1.55. The number of benzene rings is 1. The molecule has 1 aromatic carbocycles. The van der Waals surface area contributed by atoms with Crippen molar-refractivity contribution in [2.75, 3.05) is 0 Å². The monoisotopic (exact) mass is 285 g/mol. The van der Waals surface area contributed by atoms with E-state index in [1.54, 1.807) is 0 Å². The molecule has 20 heavy (non-hydrogen) atoms. The Morgan fingerprint density at radius 3 is 2.40 bits per heavy atom. The van der Waals surface area contributed by atoms with Crippen LogP contribution in [0.15, 0.2) is 36.4 Å². The standard InChI is InChI=1S/C13H7F4NO2/c14-12-8(7-19)5-6-10(18-12)9-3-1-2-4-11(9)20-13(15,16)17/h1-7H. The second kappa shape index (κ2) is 5.28. The van der Waals surface area contributed by atoms with Gasteiger partial charge in [-0.05, 0) is 24.3 Å². The lowest BCUT2D eigenvalue weighted by Gasteiger charge is -2.12. The predicted molar refractivity (Wildman–Crippen MR) is 61.7 cm³/mol. The third-order valence-electron chi connectivity index (χ3n) is 2.39. The van der Waals surface area contributed by atoms with Crippen molar-refractivity contribution in [3.8, 4) is 17.0 Å². The van der Waals surface area contributed by atoms with E-state index in [-0.39, 0.29) is 23.1 Å². The molecule has 0 aliphatic heterocycles. The van der Waals surface area contributed by atoms with Crippen LogP contribution >= 0.6 is 0 Å². The summed E-state index contributed by atoms with van der Waals surface area (Å²) in [5.41, 5.74) is -0.364. The van der Waals surface area contributed by atoms with Crippen LogP contribution in [-0.2, 0) is 0 Å². The van der Waals surface area contributed by atoms with E-state index in [0.717, 1.165) is 12.1 Å². The molecule has 0 bridgehead atoms. The fraction of sp³-hybridized carbons (Fsp3) is 0.0769. The molecule has 7 heteroatoms. The van der Waals surface area contributed by atoms with Crippen molar-refractivity contribution in [1.29, 1.82) is 0 Å². The van der Waals surface area contributed by atoms with Gasteiger partial charge < -0.3 is 4.74 Å². The van der Waals surface area contributed by atoms with Gasteiger partial charge in [-0.2, -0.15) is 4.39 Å². The number of hydrogen-bond donors (Lipinski definition) is 0. The Morgan fingerprint density at radius 1 is 1.10 bits per heavy atom. The third kappa shape index (κ3) is 3.11. The average molecular weight is 285 g/mol. The van der Waals surface area contributed by atoms with Crippen LogP contribution in [0.5, 0.6) is 5.75 Å². The molecule has 0 amide bonds. The highest BCUT2D eigenvalue weighted by Gasteiger charge is 2.32. The Hall–Kier alpha value is -2.44. The van der Waals surface area contributed by atoms with Crippen LogP contribution < -0.4 is 4.74 Å². The van der Waals surface area contributed by atoms with Crippen LogP contribution in [0.2, 0.25) is 0 Å². The molecular weight excluding hydrogens is 278 g/mol. The Labute approximate surface area is 110 Å². The molecule has 3 nitrogen and oxygen atoms in total. The SMILES string of the molecule is O=Cc1ccc(-c2ccccc2OC(F)(F)F)nc1F. The maximum absolute atomic E-state index is 13.4. The molecular formula is C13H7F4NO2. The number of aromatic nitrogens is 1. The molecule has 0 saturated carbocycles. The van der Waals surface area contributed by atoms with E-state index in [0.29, 0.717) is 0 Å². The maximum atomic E-state index is 13.4. The second-order valence-corrected chi connectivity index (χ2v) is 3.74. The summed E-state index contributed by atoms with van der Waals surface area (Å²) in [6.07, 6.45) is -4.60. The zero-order valence-corrected chi connectivity index (χ0v) is 9.82. The number of alkyl halides is 3. The number of hydrogen-bond acceptors (Lipinski definition) is 3. The Kier molecular flexibility index (Phi) is 3.69. The van der Waals surface area contributed by atoms with Gasteiger partial charge in [0.15, 0.2) is 6.29 Å². The quantitative estimate of drug-likeness (QED) is 0.491. The molecule has 0 radical (unpaired) electrons. The van der Waals surface area contributed by atoms with Crippen LogP contribution in [0.3, 0.4) is 0 Å². The number of para-hydroxylation sites is 1. The normalized spacial score (nSPS) is 11.2. The van der Waals surface area contributed by atoms with Crippen molar-refractivity contribution in [1.82, 2.24) is 4.98 Å². The lowest BCUT2D eigenvalue weighted by molar-refractivity contribution is -0.274. The van der Waals surface area contributed by atoms with Crippen LogP contribution in [-0.4, -0.2) is 17.6 Å². The molecule has 1 heterocycles. The Balaban J connectivity index is 2.47. The molecule has 0 spiro atoms. The van der Waals surface area contributed by atoms with E-state index in [1.165, 1.54) is 24.3 Å². The van der Waals surface area contributed by atoms with Gasteiger partial charge in [-0.1, -0.05) is 12.1 Å². The molecule has 0 N–H and O–H groups in total. The number of carbonyl (C=O) groups excluding carboxylic acids is 1. The fourth-order valence-electron chi connectivity index (χ4n) is 1.57. The number of ether oxygens (including phenoxy) is 1. The average Bonchev–Trinajstić information content (AvgIpc) is 2.37. The highest BCUT2D eigenvalue weighted by molar-refractivity contribution is 5.76. The van der Waals surface area contributed by atoms with Gasteiger partial charge in [0.05, 0.1) is 11.3 Å². The molecule has 0 aliphatic carbocycles. The van der Waals surface area contributed by atoms with Gasteiger partial charge in [0.2, 0.25) is 5.95 Å². The van der Waals surface area contributed by atoms with E-state index in [9.17, 15) is 22.4 Å². The van der Waals surface area contributed by atoms with E-state index < -0.39 is 18.1 Å². The van der Waals surface area contributed by atoms with Crippen LogP contribution in [0, 0.1) is 5.95 Å². The number of carbonyl (C=O) groups is 1. The van der Waals surface area contributed by atoms with Gasteiger partial charge >= 0.3 is 6.36 Å². The second-order valence-electron chi connectivity index (χ2n) is 3.74. The maximum Gasteiger partial charge on any atom is 0.573 e. The highest BCUT2D eigenvalue weighted by Crippen LogP contribution is 2.32. The summed E-state index contributed by atoms with van der Waals surface area (Å²) < 4.78 is 54.1. The smallest absolute Gasteiger partial charge is 0.405 e. The minimum Gasteiger partial charge on any atom is -0.405 e. The first kappa shape index (κ1) is 14.0. The first-order valence-corrected chi connectivity index (χ1v) is 5.37. The first-order chi connectivity index (χ1) is 9.40. The fourth-order valence-corrected chi connectivity index (χ4v) is 1.57. The molecule has 0 fully saturated rings. The van der Waals surface area contributed by atoms with E-state index in [1.807, 2.05) is 0 Å². The Bertz CT molecular complexity index is 641. The summed E-state index contributed by atoms with van der Waals surface area (Å²) in [7, 11) is 0. The van der Waals surface area contributed by atoms with Gasteiger partial charge in [-0.25, -0.2) is 4.98 Å². The van der Waals surface area contributed by atoms with Crippen molar-refractivity contribution in [2.24, 2.45) is 0 Å². The van der Waals surface area contributed by atoms with Gasteiger partial charge in [-0.3, -0.25) is 4.79 Å². The number of rotatable bonds is 3. The molecule has 2 rings (SSSR count). The van der Waals surface area contributed by atoms with Crippen molar-refractivity contribution in [3.63, 3.8) is 0 Å². The summed E-state index contributed by atoms with van der Waals surface area (Å²) >= 11 is 0. The number of halogens is 4. The lowest BCUT2D eigenvalue weighted by atomic mass is 10.1. The Morgan fingerprint density at radius 2 is 1.80 bits per heavy atom. The lowest BCUT2D eigenvalue weighted by Crippen LogP contribution is -2.17. The third-order valence-corrected chi connectivity index (χ3v) is 2.39. The van der Waals surface area contributed by atoms with Crippen LogP contribution in [0.25, 0.3) is 11.3 Å². The van der Waals surface area contributed by atoms with Crippen molar-refractivity contribution >= 4 is 6.29 Å². The molecule has 2 aromatic rings. The zero-order chi connectivity index (χ0) is 14.8. The number of nitrogens with zero attached hydrogens (tertiary/aromatic N) is 1. The summed E-state index contributed by atoms with van der Waals surface area (Å²) in [6.45, 7) is 0. The van der Waals surface area contributed by atoms with Gasteiger partial charge in [0, 0.05) is 5.56 Å². The zero-order valence-electron chi connectivity index (χ0n) is 9.82. The van der Waals surface area contributed by atoms with E-state index >= 15 is 0 Å². The molecule has 104 valence electrons. The molecule has 0 saturated heterocycles. The topological polar surface area (TPSA) is 39.2 Å². The number of aldehydes is 1.